The summed E-state index contributed by atoms with van der Waals surface area (Å²) in [5.41, 5.74) is 2.87. The monoisotopic (exact) mass is 376 g/mol. The molecule has 1 aromatic carbocycles. The quantitative estimate of drug-likeness (QED) is 0.594. The number of likely N-dealkylation sites (tertiary alicyclic amines) is 1. The number of hydrogen-bond donors (Lipinski definition) is 3. The van der Waals surface area contributed by atoms with Gasteiger partial charge in [0.25, 0.3) is 5.91 Å². The molecule has 7 nitrogen and oxygen atoms in total. The fraction of sp³-hybridized carbons (Fsp3) is 0.550. The molecule has 0 radical (unpaired) electrons. The Morgan fingerprint density at radius 1 is 1.22 bits per heavy atom. The Labute approximate surface area is 160 Å². The van der Waals surface area contributed by atoms with Crippen LogP contribution in [0.25, 0.3) is 0 Å². The Kier molecular flexibility index (Phi) is 7.79. The van der Waals surface area contributed by atoms with E-state index in [0.717, 1.165) is 41.1 Å². The van der Waals surface area contributed by atoms with E-state index in [1.54, 1.807) is 6.92 Å². The molecule has 2 atom stereocenters. The van der Waals surface area contributed by atoms with Crippen LogP contribution in [0.4, 0.5) is 5.69 Å². The normalized spacial score (nSPS) is 19.2. The lowest BCUT2D eigenvalue weighted by molar-refractivity contribution is -0.899. The first-order valence-electron chi connectivity index (χ1n) is 9.53. The van der Waals surface area contributed by atoms with Crippen LogP contribution in [0, 0.1) is 19.8 Å². The van der Waals surface area contributed by atoms with Crippen LogP contribution >= 0.6 is 0 Å². The molecule has 1 unspecified atom stereocenters. The predicted molar refractivity (Wildman–Crippen MR) is 102 cm³/mol. The summed E-state index contributed by atoms with van der Waals surface area (Å²) in [5, 5.41) is 5.49. The lowest BCUT2D eigenvalue weighted by atomic mass is 9.98. The lowest BCUT2D eigenvalue weighted by Gasteiger charge is -2.28. The Hall–Kier alpha value is -2.41. The Morgan fingerprint density at radius 2 is 2.00 bits per heavy atom. The topological polar surface area (TPSA) is 88.9 Å². The molecule has 1 aromatic rings. The van der Waals surface area contributed by atoms with Crippen molar-refractivity contribution >= 4 is 23.5 Å². The highest BCUT2D eigenvalue weighted by atomic mass is 16.5. The molecule has 2 amide bonds. The first-order chi connectivity index (χ1) is 12.9. The van der Waals surface area contributed by atoms with Gasteiger partial charge < -0.3 is 20.3 Å². The van der Waals surface area contributed by atoms with E-state index in [1.807, 2.05) is 32.0 Å². The third kappa shape index (κ3) is 6.36. The number of esters is 1. The van der Waals surface area contributed by atoms with Crippen LogP contribution < -0.4 is 15.5 Å². The lowest BCUT2D eigenvalue weighted by Crippen LogP contribution is -3.14. The second-order valence-electron chi connectivity index (χ2n) is 7.04. The van der Waals surface area contributed by atoms with Crippen LogP contribution in [0.5, 0.6) is 0 Å². The van der Waals surface area contributed by atoms with Crippen molar-refractivity contribution in [1.29, 1.82) is 0 Å². The van der Waals surface area contributed by atoms with E-state index in [2.05, 4.69) is 10.6 Å². The van der Waals surface area contributed by atoms with Crippen molar-refractivity contribution in [2.75, 3.05) is 38.1 Å². The summed E-state index contributed by atoms with van der Waals surface area (Å²) in [6, 6.07) is 5.71. The first kappa shape index (κ1) is 20.9. The van der Waals surface area contributed by atoms with E-state index >= 15 is 0 Å². The van der Waals surface area contributed by atoms with Gasteiger partial charge in [0, 0.05) is 5.69 Å². The minimum atomic E-state index is -0.255. The maximum atomic E-state index is 12.2. The Balaban J connectivity index is 1.76. The van der Waals surface area contributed by atoms with Crippen molar-refractivity contribution in [1.82, 2.24) is 5.32 Å². The molecular weight excluding hydrogens is 346 g/mol. The number of anilines is 1. The fourth-order valence-electron chi connectivity index (χ4n) is 3.32. The highest BCUT2D eigenvalue weighted by Gasteiger charge is 2.30. The molecule has 0 bridgehead atoms. The van der Waals surface area contributed by atoms with Crippen molar-refractivity contribution in [3.8, 4) is 0 Å². The standard InChI is InChI=1S/C20H29N3O4/c1-4-27-20(26)16-8-6-10-23(12-16)13-19(25)21-11-18(24)22-17-9-5-7-14(2)15(17)3/h5,7,9,16H,4,6,8,10-13H2,1-3H3,(H,21,25)(H,22,24)/p+1/t16-/m1/s1. The summed E-state index contributed by atoms with van der Waals surface area (Å²) in [5.74, 6) is -0.766. The third-order valence-electron chi connectivity index (χ3n) is 4.97. The van der Waals surface area contributed by atoms with Crippen LogP contribution in [-0.4, -0.2) is 50.6 Å². The molecule has 3 N–H and O–H groups in total. The summed E-state index contributed by atoms with van der Waals surface area (Å²) >= 11 is 0. The number of benzene rings is 1. The van der Waals surface area contributed by atoms with Crippen molar-refractivity contribution in [2.45, 2.75) is 33.6 Å². The molecular formula is C20H30N3O4+. The number of aryl methyl sites for hydroxylation is 1. The number of amides is 2. The number of rotatable bonds is 7. The van der Waals surface area contributed by atoms with Gasteiger partial charge in [0.15, 0.2) is 6.54 Å². The smallest absolute Gasteiger partial charge is 0.314 e. The van der Waals surface area contributed by atoms with Crippen LogP contribution in [0.2, 0.25) is 0 Å². The van der Waals surface area contributed by atoms with Gasteiger partial charge in [0.05, 0.1) is 26.2 Å². The third-order valence-corrected chi connectivity index (χ3v) is 4.97. The van der Waals surface area contributed by atoms with Gasteiger partial charge in [0.1, 0.15) is 5.92 Å². The van der Waals surface area contributed by atoms with Gasteiger partial charge in [-0.3, -0.25) is 14.4 Å². The van der Waals surface area contributed by atoms with E-state index in [9.17, 15) is 14.4 Å². The zero-order valence-corrected chi connectivity index (χ0v) is 16.4. The maximum Gasteiger partial charge on any atom is 0.314 e. The molecule has 0 aliphatic carbocycles. The van der Waals surface area contributed by atoms with Crippen molar-refractivity contribution < 1.29 is 24.0 Å². The Morgan fingerprint density at radius 3 is 2.74 bits per heavy atom. The average Bonchev–Trinajstić information content (AvgIpc) is 2.64. The number of nitrogens with one attached hydrogen (secondary N) is 3. The molecule has 1 heterocycles. The summed E-state index contributed by atoms with van der Waals surface area (Å²) in [4.78, 5) is 37.2. The van der Waals surface area contributed by atoms with Crippen molar-refractivity contribution in [3.05, 3.63) is 29.3 Å². The average molecular weight is 376 g/mol. The highest BCUT2D eigenvalue weighted by molar-refractivity contribution is 5.95. The number of quaternary nitrogens is 1. The molecule has 1 fully saturated rings. The summed E-state index contributed by atoms with van der Waals surface area (Å²) < 4.78 is 5.08. The predicted octanol–water partition coefficient (Wildman–Crippen LogP) is 0.216. The summed E-state index contributed by atoms with van der Waals surface area (Å²) in [6.45, 7) is 7.73. The van der Waals surface area contributed by atoms with Gasteiger partial charge in [-0.15, -0.1) is 0 Å². The molecule has 2 rings (SSSR count). The van der Waals surface area contributed by atoms with Crippen LogP contribution in [0.15, 0.2) is 18.2 Å². The van der Waals surface area contributed by atoms with E-state index in [0.29, 0.717) is 13.2 Å². The largest absolute Gasteiger partial charge is 0.466 e. The van der Waals surface area contributed by atoms with E-state index in [-0.39, 0.29) is 36.8 Å². The molecule has 0 spiro atoms. The molecule has 148 valence electrons. The zero-order valence-electron chi connectivity index (χ0n) is 16.4. The van der Waals surface area contributed by atoms with E-state index < -0.39 is 0 Å². The second-order valence-corrected chi connectivity index (χ2v) is 7.04. The molecule has 1 aliphatic heterocycles. The van der Waals surface area contributed by atoms with Gasteiger partial charge in [0.2, 0.25) is 5.91 Å². The number of piperidine rings is 1. The van der Waals surface area contributed by atoms with Gasteiger partial charge in [-0.1, -0.05) is 12.1 Å². The van der Waals surface area contributed by atoms with Crippen LogP contribution in [0.3, 0.4) is 0 Å². The molecule has 0 saturated carbocycles. The van der Waals surface area contributed by atoms with Crippen LogP contribution in [-0.2, 0) is 19.1 Å². The van der Waals surface area contributed by atoms with Gasteiger partial charge in [-0.2, -0.15) is 0 Å². The molecule has 1 aliphatic rings. The number of hydrogen-bond acceptors (Lipinski definition) is 4. The molecule has 27 heavy (non-hydrogen) atoms. The SMILES string of the molecule is CCOC(=O)[C@@H]1CCC[NH+](CC(=O)NCC(=O)Nc2cccc(C)c2C)C1. The second kappa shape index (κ2) is 10.1. The van der Waals surface area contributed by atoms with E-state index in [1.165, 1.54) is 0 Å². The van der Waals surface area contributed by atoms with Crippen molar-refractivity contribution in [3.63, 3.8) is 0 Å². The maximum absolute atomic E-state index is 12.2. The first-order valence-corrected chi connectivity index (χ1v) is 9.53. The number of carbonyl (C=O) groups excluding carboxylic acids is 3. The van der Waals surface area contributed by atoms with Crippen LogP contribution in [0.1, 0.15) is 30.9 Å². The minimum Gasteiger partial charge on any atom is -0.466 e. The fourth-order valence-corrected chi connectivity index (χ4v) is 3.32. The van der Waals surface area contributed by atoms with Gasteiger partial charge in [-0.25, -0.2) is 0 Å². The highest BCUT2D eigenvalue weighted by Crippen LogP contribution is 2.17. The zero-order chi connectivity index (χ0) is 19.8. The minimum absolute atomic E-state index is 0.0687. The van der Waals surface area contributed by atoms with Gasteiger partial charge in [-0.05, 0) is 50.8 Å². The number of ether oxygens (including phenoxy) is 1. The van der Waals surface area contributed by atoms with Gasteiger partial charge >= 0.3 is 5.97 Å². The van der Waals surface area contributed by atoms with Crippen molar-refractivity contribution in [2.24, 2.45) is 5.92 Å². The summed E-state index contributed by atoms with van der Waals surface area (Å²) in [7, 11) is 0. The summed E-state index contributed by atoms with van der Waals surface area (Å²) in [6.07, 6.45) is 1.70. The van der Waals surface area contributed by atoms with E-state index in [4.69, 9.17) is 4.74 Å². The number of carbonyl (C=O) groups is 3. The molecule has 0 aromatic heterocycles. The Bertz CT molecular complexity index is 690. The molecule has 7 heteroatoms. The molecule has 1 saturated heterocycles.